The highest BCUT2D eigenvalue weighted by molar-refractivity contribution is 5.92. The number of carbonyl (C=O) groups excluding carboxylic acids is 2. The van der Waals surface area contributed by atoms with Crippen LogP contribution in [0.25, 0.3) is 43.5 Å². The van der Waals surface area contributed by atoms with Crippen molar-refractivity contribution in [2.24, 2.45) is 0 Å². The molecule has 0 radical (unpaired) electrons. The van der Waals surface area contributed by atoms with E-state index >= 15 is 0 Å². The Morgan fingerprint density at radius 1 is 0.427 bits per heavy atom. The maximum Gasteiger partial charge on any atom is 0.344 e. The first-order valence-electron chi connectivity index (χ1n) is 23.8. The zero-order chi connectivity index (χ0) is 52.9. The summed E-state index contributed by atoms with van der Waals surface area (Å²) in [6, 6.07) is 37.9. The van der Waals surface area contributed by atoms with Gasteiger partial charge in [-0.3, -0.25) is 0 Å². The molecule has 4 aromatic heterocycles. The summed E-state index contributed by atoms with van der Waals surface area (Å²) in [6.45, 7) is 4.32. The Labute approximate surface area is 424 Å². The van der Waals surface area contributed by atoms with Gasteiger partial charge in [0.2, 0.25) is 0 Å². The number of hydrogen-bond donors (Lipinski definition) is 4. The molecule has 4 N–H and O–H groups in total. The van der Waals surface area contributed by atoms with E-state index in [1.807, 2.05) is 13.8 Å². The van der Waals surface area contributed by atoms with Gasteiger partial charge in [0, 0.05) is 10.8 Å². The topological polar surface area (TPSA) is 254 Å². The number of rotatable bonds is 13. The predicted octanol–water partition coefficient (Wildman–Crippen LogP) is 10.5. The highest BCUT2D eigenvalue weighted by Gasteiger charge is 2.34. The Kier molecular flexibility index (Phi) is 14.4. The first-order chi connectivity index (χ1) is 36.3. The summed E-state index contributed by atoms with van der Waals surface area (Å²) in [6.07, 6.45) is 2.19. The highest BCUT2D eigenvalue weighted by atomic mass is 16.5. The number of para-hydroxylation sites is 2. The maximum atomic E-state index is 13.3. The van der Waals surface area contributed by atoms with Crippen LogP contribution in [0, 0.1) is 0 Å². The van der Waals surface area contributed by atoms with Gasteiger partial charge in [-0.05, 0) is 84.6 Å². The summed E-state index contributed by atoms with van der Waals surface area (Å²) < 4.78 is 32.7. The Hall–Kier alpha value is -9.70. The second-order valence-electron chi connectivity index (χ2n) is 17.3. The molecule has 6 aromatic carbocycles. The highest BCUT2D eigenvalue weighted by Crippen LogP contribution is 2.45. The molecule has 0 aliphatic carbocycles. The molecule has 0 saturated heterocycles. The van der Waals surface area contributed by atoms with E-state index in [-0.39, 0.29) is 108 Å². The monoisotopic (exact) mass is 1010 g/mol. The molecule has 0 amide bonds. The van der Waals surface area contributed by atoms with Gasteiger partial charge in [0.05, 0.1) is 68.8 Å². The van der Waals surface area contributed by atoms with Crippen LogP contribution in [0.5, 0.6) is 23.0 Å². The van der Waals surface area contributed by atoms with Gasteiger partial charge in [0.25, 0.3) is 0 Å². The third-order valence-electron chi connectivity index (χ3n) is 12.5. The zero-order valence-electron chi connectivity index (χ0n) is 40.2. The van der Waals surface area contributed by atoms with Crippen molar-refractivity contribution in [3.8, 4) is 23.0 Å². The van der Waals surface area contributed by atoms with E-state index in [0.717, 1.165) is 6.42 Å². The van der Waals surface area contributed by atoms with E-state index in [1.54, 1.807) is 103 Å². The number of benzene rings is 6. The number of carbonyl (C=O) groups is 2. The molecular formula is C59H46O16. The first-order valence-corrected chi connectivity index (χ1v) is 23.8. The van der Waals surface area contributed by atoms with Crippen LogP contribution in [0.2, 0.25) is 0 Å². The summed E-state index contributed by atoms with van der Waals surface area (Å²) in [5.74, 6) is -5.85. The van der Waals surface area contributed by atoms with Crippen LogP contribution in [-0.4, -0.2) is 45.6 Å². The van der Waals surface area contributed by atoms with Crippen molar-refractivity contribution in [1.82, 2.24) is 0 Å². The lowest BCUT2D eigenvalue weighted by Gasteiger charge is -2.20. The largest absolute Gasteiger partial charge is 0.507 e. The third kappa shape index (κ3) is 9.83. The normalized spacial score (nSPS) is 12.0. The van der Waals surface area contributed by atoms with E-state index in [9.17, 15) is 49.2 Å². The fourth-order valence-electron chi connectivity index (χ4n) is 8.86. The van der Waals surface area contributed by atoms with Gasteiger partial charge in [0.1, 0.15) is 22.7 Å². The average Bonchev–Trinajstić information content (AvgIpc) is 3.43. The van der Waals surface area contributed by atoms with Gasteiger partial charge in [-0.15, -0.1) is 0 Å². The van der Waals surface area contributed by atoms with Gasteiger partial charge in [0.15, 0.2) is 23.0 Å². The fraction of sp³-hybridized carbons (Fsp3) is 0.153. The van der Waals surface area contributed by atoms with Gasteiger partial charge in [-0.2, -0.15) is 0 Å². The number of esters is 2. The van der Waals surface area contributed by atoms with Crippen LogP contribution in [0.3, 0.4) is 0 Å². The average molecular weight is 1010 g/mol. The minimum absolute atomic E-state index is 0.147. The molecule has 4 heterocycles. The maximum absolute atomic E-state index is 13.3. The van der Waals surface area contributed by atoms with Crippen molar-refractivity contribution in [3.05, 3.63) is 232 Å². The van der Waals surface area contributed by atoms with Crippen molar-refractivity contribution in [1.29, 1.82) is 0 Å². The lowest BCUT2D eigenvalue weighted by Crippen LogP contribution is -2.18. The number of ether oxygens (including phenoxy) is 2. The third-order valence-corrected chi connectivity index (χ3v) is 12.5. The van der Waals surface area contributed by atoms with Gasteiger partial charge in [-0.1, -0.05) is 105 Å². The second-order valence-corrected chi connectivity index (χ2v) is 17.3. The second kappa shape index (κ2) is 21.6. The molecule has 0 aliphatic rings. The Morgan fingerprint density at radius 3 is 1.23 bits per heavy atom. The quantitative estimate of drug-likeness (QED) is 0.0476. The Morgan fingerprint density at radius 2 is 0.813 bits per heavy atom. The van der Waals surface area contributed by atoms with Crippen molar-refractivity contribution in [2.45, 2.75) is 44.9 Å². The number of hydrogen-bond acceptors (Lipinski definition) is 16. The van der Waals surface area contributed by atoms with E-state index < -0.39 is 57.8 Å². The minimum atomic E-state index is -1.29. The molecule has 16 nitrogen and oxygen atoms in total. The Balaban J connectivity index is 0.000000184. The summed E-state index contributed by atoms with van der Waals surface area (Å²) in [5, 5.41) is 46.2. The van der Waals surface area contributed by atoms with Crippen LogP contribution < -0.4 is 22.5 Å². The lowest BCUT2D eigenvalue weighted by atomic mass is 9.86. The molecule has 10 rings (SSSR count). The van der Waals surface area contributed by atoms with Crippen LogP contribution >= 0.6 is 0 Å². The van der Waals surface area contributed by atoms with Crippen LogP contribution in [0.4, 0.5) is 0 Å². The lowest BCUT2D eigenvalue weighted by molar-refractivity contribution is 0.0492. The molecule has 378 valence electrons. The van der Waals surface area contributed by atoms with Crippen molar-refractivity contribution in [2.75, 3.05) is 13.2 Å². The molecule has 0 saturated carbocycles. The van der Waals surface area contributed by atoms with Crippen molar-refractivity contribution in [3.63, 3.8) is 0 Å². The number of fused-ring (bicyclic) bond motifs is 4. The molecule has 0 spiro atoms. The van der Waals surface area contributed by atoms with Crippen LogP contribution in [0.1, 0.15) is 99.4 Å². The summed E-state index contributed by atoms with van der Waals surface area (Å²) in [5.41, 5.74) is -2.50. The van der Waals surface area contributed by atoms with E-state index in [1.165, 1.54) is 42.5 Å². The van der Waals surface area contributed by atoms with Crippen molar-refractivity contribution >= 4 is 55.4 Å². The molecule has 10 aromatic rings. The van der Waals surface area contributed by atoms with E-state index in [4.69, 9.17) is 27.1 Å². The number of unbranched alkanes of at least 4 members (excludes halogenated alkanes) is 1. The Bertz CT molecular complexity index is 4070. The molecule has 0 fully saturated rings. The first kappa shape index (κ1) is 50.2. The van der Waals surface area contributed by atoms with Crippen LogP contribution in [-0.2, 0) is 9.47 Å². The molecule has 16 heteroatoms. The standard InChI is InChI=1S/C30H24O8.C29H22O8/c1-2-3-15-36-28(33)18-10-8-9-17(16-18)23(24-25(31)21-13-6-7-14-22(21)37-30(24)35)27-26(32)19-11-4-5-12-20(19)29(34)38-27;1-2-14-35-27(32)17-9-7-8-16(15-17)22(23-24(30)20-12-5-6-13-21(20)36-29(23)34)26-25(31)18-10-3-4-11-19(18)28(33)37-26/h4-14,16,23,31-32H,2-3,15H2,1H3;3-13,15,22,30-31H,2,14H2,1H3. The van der Waals surface area contributed by atoms with Crippen molar-refractivity contribution < 1.29 is 57.2 Å². The smallest absolute Gasteiger partial charge is 0.344 e. The summed E-state index contributed by atoms with van der Waals surface area (Å²) >= 11 is 0. The number of aromatic hydroxyl groups is 4. The zero-order valence-corrected chi connectivity index (χ0v) is 40.2. The molecule has 2 atom stereocenters. The molecule has 2 unspecified atom stereocenters. The molecular weight excluding hydrogens is 965 g/mol. The van der Waals surface area contributed by atoms with Gasteiger partial charge < -0.3 is 47.6 Å². The summed E-state index contributed by atoms with van der Waals surface area (Å²) in [4.78, 5) is 77.6. The van der Waals surface area contributed by atoms with Gasteiger partial charge in [-0.25, -0.2) is 28.8 Å². The van der Waals surface area contributed by atoms with E-state index in [2.05, 4.69) is 0 Å². The van der Waals surface area contributed by atoms with E-state index in [0.29, 0.717) is 18.4 Å². The van der Waals surface area contributed by atoms with Gasteiger partial charge >= 0.3 is 34.4 Å². The minimum Gasteiger partial charge on any atom is -0.507 e. The molecule has 75 heavy (non-hydrogen) atoms. The predicted molar refractivity (Wildman–Crippen MR) is 277 cm³/mol. The SMILES string of the molecule is CCCCOC(=O)c1cccc(C(c2oc(=O)c3ccccc3c2O)c2c(O)c3ccccc3oc2=O)c1.CCCOC(=O)c1cccc(C(c2oc(=O)c3ccccc3c2O)c2c(O)c3ccccc3oc2=O)c1. The summed E-state index contributed by atoms with van der Waals surface area (Å²) in [7, 11) is 0. The fourth-order valence-corrected chi connectivity index (χ4v) is 8.86. The molecule has 0 bridgehead atoms. The van der Waals surface area contributed by atoms with Crippen LogP contribution in [0.15, 0.2) is 182 Å². The molecule has 0 aliphatic heterocycles.